The fourth-order valence-corrected chi connectivity index (χ4v) is 4.02. The first-order valence-corrected chi connectivity index (χ1v) is 9.74. The Kier molecular flexibility index (Phi) is 6.78. The summed E-state index contributed by atoms with van der Waals surface area (Å²) in [7, 11) is 1.94. The van der Waals surface area contributed by atoms with Gasteiger partial charge in [-0.25, -0.2) is 0 Å². The third kappa shape index (κ3) is 5.65. The van der Waals surface area contributed by atoms with Gasteiger partial charge in [-0.1, -0.05) is 39.0 Å². The van der Waals surface area contributed by atoms with Crippen LogP contribution in [-0.4, -0.2) is 42.0 Å². The molecule has 1 aromatic carbocycles. The Morgan fingerprint density at radius 2 is 1.96 bits per heavy atom. The zero-order chi connectivity index (χ0) is 20.2. The van der Waals surface area contributed by atoms with E-state index in [-0.39, 0.29) is 22.9 Å². The summed E-state index contributed by atoms with van der Waals surface area (Å²) in [5.41, 5.74) is 1.99. The highest BCUT2D eigenvalue weighted by Crippen LogP contribution is 2.39. The Morgan fingerprint density at radius 3 is 2.59 bits per heavy atom. The minimum absolute atomic E-state index is 0.0744. The van der Waals surface area contributed by atoms with Crippen molar-refractivity contribution in [3.05, 3.63) is 51.2 Å². The van der Waals surface area contributed by atoms with Crippen LogP contribution in [-0.2, 0) is 21.5 Å². The van der Waals surface area contributed by atoms with Gasteiger partial charge in [-0.15, -0.1) is 11.3 Å². The van der Waals surface area contributed by atoms with Crippen molar-refractivity contribution in [2.75, 3.05) is 20.2 Å². The number of ketones is 1. The molecule has 0 unspecified atom stereocenters. The molecule has 0 amide bonds. The van der Waals surface area contributed by atoms with Gasteiger partial charge in [-0.05, 0) is 24.1 Å². The number of esters is 1. The Labute approximate surface area is 164 Å². The van der Waals surface area contributed by atoms with Crippen LogP contribution in [0.25, 0.3) is 0 Å². The van der Waals surface area contributed by atoms with Gasteiger partial charge in [0.1, 0.15) is 12.4 Å². The predicted octanol–water partition coefficient (Wildman–Crippen LogP) is 3.98. The second-order valence-corrected chi connectivity index (χ2v) is 8.56. The molecule has 2 rings (SSSR count). The first kappa shape index (κ1) is 21.1. The Balaban J connectivity index is 2.16. The quantitative estimate of drug-likeness (QED) is 0.573. The Bertz CT molecular complexity index is 820. The summed E-state index contributed by atoms with van der Waals surface area (Å²) in [5, 5.41) is 11.8. The summed E-state index contributed by atoms with van der Waals surface area (Å²) >= 11 is 1.28. The molecular weight excluding hydrogens is 362 g/mol. The molecule has 0 saturated heterocycles. The predicted molar refractivity (Wildman–Crippen MR) is 108 cm³/mol. The largest absolute Gasteiger partial charge is 0.507 e. The summed E-state index contributed by atoms with van der Waals surface area (Å²) < 4.78 is 4.96. The molecule has 6 heteroatoms. The molecule has 1 aromatic heterocycles. The summed E-state index contributed by atoms with van der Waals surface area (Å²) in [6.45, 7) is 8.95. The average Bonchev–Trinajstić information content (AvgIpc) is 2.96. The fourth-order valence-electron chi connectivity index (χ4n) is 2.92. The highest BCUT2D eigenvalue weighted by molar-refractivity contribution is 7.12. The maximum atomic E-state index is 13.0. The first-order chi connectivity index (χ1) is 12.6. The smallest absolute Gasteiger partial charge is 0.302 e. The van der Waals surface area contributed by atoms with Gasteiger partial charge >= 0.3 is 5.97 Å². The number of carbonyl (C=O) groups excluding carboxylic acids is 2. The molecule has 5 nitrogen and oxygen atoms in total. The third-order valence-corrected chi connectivity index (χ3v) is 5.11. The number of rotatable bonds is 7. The zero-order valence-electron chi connectivity index (χ0n) is 16.5. The van der Waals surface area contributed by atoms with Crippen molar-refractivity contribution in [1.82, 2.24) is 4.90 Å². The molecule has 0 radical (unpaired) electrons. The molecule has 1 N–H and O–H groups in total. The van der Waals surface area contributed by atoms with Crippen molar-refractivity contribution >= 4 is 23.1 Å². The van der Waals surface area contributed by atoms with Gasteiger partial charge in [0.05, 0.1) is 4.88 Å². The van der Waals surface area contributed by atoms with Crippen LogP contribution in [0.3, 0.4) is 0 Å². The molecule has 0 fully saturated rings. The number of hydrogen-bond donors (Lipinski definition) is 1. The van der Waals surface area contributed by atoms with E-state index < -0.39 is 0 Å². The topological polar surface area (TPSA) is 66.8 Å². The summed E-state index contributed by atoms with van der Waals surface area (Å²) in [6.07, 6.45) is 0. The van der Waals surface area contributed by atoms with E-state index in [1.54, 1.807) is 11.4 Å². The molecule has 0 saturated carbocycles. The second-order valence-electron chi connectivity index (χ2n) is 7.68. The average molecular weight is 390 g/mol. The van der Waals surface area contributed by atoms with Gasteiger partial charge in [0.2, 0.25) is 5.78 Å². The second kappa shape index (κ2) is 8.67. The summed E-state index contributed by atoms with van der Waals surface area (Å²) in [6, 6.07) is 7.52. The van der Waals surface area contributed by atoms with E-state index >= 15 is 0 Å². The number of ether oxygens (including phenoxy) is 1. The van der Waals surface area contributed by atoms with Crippen molar-refractivity contribution < 1.29 is 19.4 Å². The molecule has 27 heavy (non-hydrogen) atoms. The molecule has 146 valence electrons. The Hall–Kier alpha value is -2.18. The minimum Gasteiger partial charge on any atom is -0.507 e. The lowest BCUT2D eigenvalue weighted by atomic mass is 9.85. The van der Waals surface area contributed by atoms with Crippen LogP contribution < -0.4 is 0 Å². The van der Waals surface area contributed by atoms with Crippen molar-refractivity contribution in [1.29, 1.82) is 0 Å². The highest BCUT2D eigenvalue weighted by Gasteiger charge is 2.28. The van der Waals surface area contributed by atoms with Crippen molar-refractivity contribution in [2.45, 2.75) is 39.7 Å². The van der Waals surface area contributed by atoms with Gasteiger partial charge in [0.15, 0.2) is 0 Å². The first-order valence-electron chi connectivity index (χ1n) is 8.86. The van der Waals surface area contributed by atoms with E-state index in [0.717, 1.165) is 5.56 Å². The van der Waals surface area contributed by atoms with Crippen LogP contribution in [0.2, 0.25) is 0 Å². The molecule has 0 aliphatic carbocycles. The monoisotopic (exact) mass is 389 g/mol. The highest BCUT2D eigenvalue weighted by atomic mass is 32.1. The Morgan fingerprint density at radius 1 is 1.26 bits per heavy atom. The van der Waals surface area contributed by atoms with Crippen LogP contribution in [0.5, 0.6) is 5.75 Å². The van der Waals surface area contributed by atoms with Crippen LogP contribution in [0, 0.1) is 0 Å². The lowest BCUT2D eigenvalue weighted by Crippen LogP contribution is -2.23. The van der Waals surface area contributed by atoms with Gasteiger partial charge in [0.25, 0.3) is 0 Å². The van der Waals surface area contributed by atoms with Crippen molar-refractivity contribution in [3.63, 3.8) is 0 Å². The molecule has 0 bridgehead atoms. The van der Waals surface area contributed by atoms with E-state index in [1.807, 2.05) is 50.9 Å². The maximum Gasteiger partial charge on any atom is 0.302 e. The molecule has 2 aromatic rings. The van der Waals surface area contributed by atoms with Crippen molar-refractivity contribution in [2.24, 2.45) is 0 Å². The fraction of sp³-hybridized carbons (Fsp3) is 0.429. The van der Waals surface area contributed by atoms with Gasteiger partial charge in [-0.3, -0.25) is 14.5 Å². The molecule has 0 aliphatic rings. The zero-order valence-corrected chi connectivity index (χ0v) is 17.4. The number of hydrogen-bond acceptors (Lipinski definition) is 6. The van der Waals surface area contributed by atoms with Crippen molar-refractivity contribution in [3.8, 4) is 5.75 Å². The molecule has 0 spiro atoms. The SMILES string of the molecule is CC(=O)OCCN(C)Cc1cccc(C(=O)c2scc(O)c2C(C)(C)C)c1. The third-order valence-electron chi connectivity index (χ3n) is 4.15. The number of aromatic hydroxyl groups is 1. The lowest BCUT2D eigenvalue weighted by Gasteiger charge is -2.20. The van der Waals surface area contributed by atoms with Crippen LogP contribution >= 0.6 is 11.3 Å². The number of likely N-dealkylation sites (N-methyl/N-ethyl adjacent to an activating group) is 1. The number of carbonyl (C=O) groups is 2. The minimum atomic E-state index is -0.316. The molecule has 0 atom stereocenters. The summed E-state index contributed by atoms with van der Waals surface area (Å²) in [5.74, 6) is -0.184. The maximum absolute atomic E-state index is 13.0. The van der Waals surface area contributed by atoms with Crippen LogP contribution in [0.4, 0.5) is 0 Å². The van der Waals surface area contributed by atoms with Gasteiger partial charge in [0, 0.05) is 36.5 Å². The lowest BCUT2D eigenvalue weighted by molar-refractivity contribution is -0.141. The van der Waals surface area contributed by atoms with Gasteiger partial charge in [-0.2, -0.15) is 0 Å². The standard InChI is InChI=1S/C21H27NO4S/c1-14(23)26-10-9-22(5)12-15-7-6-8-16(11-15)19(25)20-18(21(2,3)4)17(24)13-27-20/h6-8,11,13,24H,9-10,12H2,1-5H3. The van der Waals surface area contributed by atoms with Crippen LogP contribution in [0.15, 0.2) is 29.6 Å². The van der Waals surface area contributed by atoms with E-state index in [0.29, 0.717) is 35.7 Å². The van der Waals surface area contributed by atoms with Gasteiger partial charge < -0.3 is 9.84 Å². The number of benzene rings is 1. The van der Waals surface area contributed by atoms with E-state index in [4.69, 9.17) is 4.74 Å². The van der Waals surface area contributed by atoms with E-state index in [2.05, 4.69) is 0 Å². The van der Waals surface area contributed by atoms with E-state index in [9.17, 15) is 14.7 Å². The number of thiophene rings is 1. The van der Waals surface area contributed by atoms with E-state index in [1.165, 1.54) is 18.3 Å². The normalized spacial score (nSPS) is 11.6. The molecule has 1 heterocycles. The molecular formula is C21H27NO4S. The molecule has 0 aliphatic heterocycles. The van der Waals surface area contributed by atoms with Crippen LogP contribution in [0.1, 0.15) is 54.1 Å². The summed E-state index contributed by atoms with van der Waals surface area (Å²) in [4.78, 5) is 26.5. The number of nitrogens with zero attached hydrogens (tertiary/aromatic N) is 1.